The standard InChI is InChI=1S/C10H17N3/c1-3-7-5-6-8-9(7)12-13-10(8)11-4-2/h7H,3-6H2,1-2H3,(H2,11,12,13). The normalized spacial score (nSPS) is 20.3. The van der Waals surface area contributed by atoms with E-state index >= 15 is 0 Å². The molecule has 0 aliphatic heterocycles. The number of nitrogens with one attached hydrogen (secondary N) is 2. The van der Waals surface area contributed by atoms with Crippen LogP contribution in [0.2, 0.25) is 0 Å². The number of hydrogen-bond acceptors (Lipinski definition) is 2. The van der Waals surface area contributed by atoms with Crippen molar-refractivity contribution in [2.24, 2.45) is 0 Å². The molecule has 13 heavy (non-hydrogen) atoms. The van der Waals surface area contributed by atoms with Crippen LogP contribution in [0, 0.1) is 0 Å². The van der Waals surface area contributed by atoms with Crippen LogP contribution >= 0.6 is 0 Å². The Balaban J connectivity index is 2.25. The molecular formula is C10H17N3. The number of aromatic nitrogens is 2. The number of hydrogen-bond donors (Lipinski definition) is 2. The fraction of sp³-hybridized carbons (Fsp3) is 0.700. The molecule has 1 atom stereocenters. The molecule has 1 aromatic rings. The highest BCUT2D eigenvalue weighted by Crippen LogP contribution is 2.37. The Kier molecular flexibility index (Phi) is 2.25. The topological polar surface area (TPSA) is 40.7 Å². The molecule has 0 saturated heterocycles. The van der Waals surface area contributed by atoms with Crippen molar-refractivity contribution >= 4 is 5.82 Å². The summed E-state index contributed by atoms with van der Waals surface area (Å²) in [6, 6.07) is 0. The predicted molar refractivity (Wildman–Crippen MR) is 54.1 cm³/mol. The number of anilines is 1. The van der Waals surface area contributed by atoms with Crippen LogP contribution in [0.3, 0.4) is 0 Å². The zero-order chi connectivity index (χ0) is 9.26. The third-order valence-corrected chi connectivity index (χ3v) is 2.89. The summed E-state index contributed by atoms with van der Waals surface area (Å²) in [7, 11) is 0. The number of H-pyrrole nitrogens is 1. The minimum absolute atomic E-state index is 0.718. The summed E-state index contributed by atoms with van der Waals surface area (Å²) >= 11 is 0. The quantitative estimate of drug-likeness (QED) is 0.747. The Labute approximate surface area is 78.9 Å². The minimum Gasteiger partial charge on any atom is -0.369 e. The van der Waals surface area contributed by atoms with Gasteiger partial charge in [0.05, 0.1) is 0 Å². The first kappa shape index (κ1) is 8.60. The van der Waals surface area contributed by atoms with Crippen LogP contribution in [0.5, 0.6) is 0 Å². The van der Waals surface area contributed by atoms with Gasteiger partial charge in [0.2, 0.25) is 0 Å². The smallest absolute Gasteiger partial charge is 0.151 e. The molecule has 0 bridgehead atoms. The highest BCUT2D eigenvalue weighted by molar-refractivity contribution is 5.49. The average Bonchev–Trinajstić information content (AvgIpc) is 2.68. The fourth-order valence-corrected chi connectivity index (χ4v) is 2.15. The number of rotatable bonds is 3. The molecule has 1 unspecified atom stereocenters. The van der Waals surface area contributed by atoms with Gasteiger partial charge >= 0.3 is 0 Å². The SMILES string of the molecule is CCNc1n[nH]c2c1CCC2CC. The molecule has 0 aromatic carbocycles. The van der Waals surface area contributed by atoms with Crippen LogP contribution < -0.4 is 5.32 Å². The second-order valence-electron chi connectivity index (χ2n) is 3.64. The van der Waals surface area contributed by atoms with Crippen LogP contribution in [0.4, 0.5) is 5.82 Å². The van der Waals surface area contributed by atoms with Crippen molar-refractivity contribution in [3.63, 3.8) is 0 Å². The van der Waals surface area contributed by atoms with Crippen molar-refractivity contribution in [2.45, 2.75) is 39.0 Å². The van der Waals surface area contributed by atoms with Crippen molar-refractivity contribution in [2.75, 3.05) is 11.9 Å². The summed E-state index contributed by atoms with van der Waals surface area (Å²) in [5, 5.41) is 10.7. The Morgan fingerprint density at radius 3 is 3.08 bits per heavy atom. The second kappa shape index (κ2) is 3.40. The molecule has 0 amide bonds. The van der Waals surface area contributed by atoms with Crippen LogP contribution in [0.1, 0.15) is 43.9 Å². The first-order valence-electron chi connectivity index (χ1n) is 5.17. The molecule has 0 spiro atoms. The van der Waals surface area contributed by atoms with Crippen LogP contribution in [-0.2, 0) is 6.42 Å². The van der Waals surface area contributed by atoms with Gasteiger partial charge in [0.25, 0.3) is 0 Å². The summed E-state index contributed by atoms with van der Waals surface area (Å²) in [5.74, 6) is 1.79. The lowest BCUT2D eigenvalue weighted by Gasteiger charge is -2.02. The zero-order valence-corrected chi connectivity index (χ0v) is 8.35. The Morgan fingerprint density at radius 1 is 1.54 bits per heavy atom. The van der Waals surface area contributed by atoms with E-state index in [1.54, 1.807) is 0 Å². The van der Waals surface area contributed by atoms with Gasteiger partial charge in [-0.25, -0.2) is 0 Å². The van der Waals surface area contributed by atoms with Gasteiger partial charge in [0, 0.05) is 23.7 Å². The average molecular weight is 179 g/mol. The highest BCUT2D eigenvalue weighted by Gasteiger charge is 2.25. The lowest BCUT2D eigenvalue weighted by molar-refractivity contribution is 0.634. The molecular weight excluding hydrogens is 162 g/mol. The molecule has 2 rings (SSSR count). The summed E-state index contributed by atoms with van der Waals surface area (Å²) in [4.78, 5) is 0. The van der Waals surface area contributed by atoms with Gasteiger partial charge in [-0.2, -0.15) is 5.10 Å². The van der Waals surface area contributed by atoms with E-state index in [1.807, 2.05) is 0 Å². The maximum atomic E-state index is 4.29. The number of fused-ring (bicyclic) bond motifs is 1. The van der Waals surface area contributed by atoms with Gasteiger partial charge < -0.3 is 5.32 Å². The summed E-state index contributed by atoms with van der Waals surface area (Å²) in [5.41, 5.74) is 2.80. The molecule has 0 fully saturated rings. The first-order valence-corrected chi connectivity index (χ1v) is 5.17. The van der Waals surface area contributed by atoms with Gasteiger partial charge in [0.15, 0.2) is 5.82 Å². The van der Waals surface area contributed by atoms with E-state index in [9.17, 15) is 0 Å². The maximum Gasteiger partial charge on any atom is 0.151 e. The van der Waals surface area contributed by atoms with Crippen LogP contribution in [0.15, 0.2) is 0 Å². The van der Waals surface area contributed by atoms with Gasteiger partial charge in [-0.15, -0.1) is 0 Å². The van der Waals surface area contributed by atoms with Gasteiger partial charge in [-0.05, 0) is 26.2 Å². The molecule has 1 aliphatic carbocycles. The minimum atomic E-state index is 0.718. The third-order valence-electron chi connectivity index (χ3n) is 2.89. The van der Waals surface area contributed by atoms with E-state index in [0.717, 1.165) is 18.3 Å². The van der Waals surface area contributed by atoms with E-state index in [4.69, 9.17) is 0 Å². The summed E-state index contributed by atoms with van der Waals surface area (Å²) < 4.78 is 0. The van der Waals surface area contributed by atoms with E-state index in [0.29, 0.717) is 0 Å². The Hall–Kier alpha value is -0.990. The molecule has 1 heterocycles. The second-order valence-corrected chi connectivity index (χ2v) is 3.64. The van der Waals surface area contributed by atoms with E-state index in [1.165, 1.54) is 30.5 Å². The summed E-state index contributed by atoms with van der Waals surface area (Å²) in [6.45, 7) is 5.30. The number of aromatic amines is 1. The van der Waals surface area contributed by atoms with Crippen molar-refractivity contribution in [3.05, 3.63) is 11.3 Å². The van der Waals surface area contributed by atoms with Crippen LogP contribution in [-0.4, -0.2) is 16.7 Å². The molecule has 1 aromatic heterocycles. The lowest BCUT2D eigenvalue weighted by atomic mass is 10.1. The zero-order valence-electron chi connectivity index (χ0n) is 8.35. The van der Waals surface area contributed by atoms with Crippen molar-refractivity contribution in [1.29, 1.82) is 0 Å². The lowest BCUT2D eigenvalue weighted by Crippen LogP contribution is -1.99. The van der Waals surface area contributed by atoms with E-state index in [-0.39, 0.29) is 0 Å². The third kappa shape index (κ3) is 1.32. The van der Waals surface area contributed by atoms with Gasteiger partial charge in [0.1, 0.15) is 0 Å². The molecule has 3 nitrogen and oxygen atoms in total. The highest BCUT2D eigenvalue weighted by atomic mass is 15.2. The predicted octanol–water partition coefficient (Wildman–Crippen LogP) is 2.28. The largest absolute Gasteiger partial charge is 0.369 e. The van der Waals surface area contributed by atoms with Crippen molar-refractivity contribution in [1.82, 2.24) is 10.2 Å². The molecule has 3 heteroatoms. The van der Waals surface area contributed by atoms with E-state index in [2.05, 4.69) is 29.4 Å². The van der Waals surface area contributed by atoms with Gasteiger partial charge in [-0.1, -0.05) is 6.92 Å². The number of nitrogens with zero attached hydrogens (tertiary/aromatic N) is 1. The molecule has 2 N–H and O–H groups in total. The maximum absolute atomic E-state index is 4.29. The Bertz CT molecular complexity index is 290. The molecule has 0 radical (unpaired) electrons. The monoisotopic (exact) mass is 179 g/mol. The van der Waals surface area contributed by atoms with Crippen molar-refractivity contribution in [3.8, 4) is 0 Å². The van der Waals surface area contributed by atoms with E-state index < -0.39 is 0 Å². The first-order chi connectivity index (χ1) is 6.36. The molecule has 72 valence electrons. The van der Waals surface area contributed by atoms with Crippen molar-refractivity contribution < 1.29 is 0 Å². The fourth-order valence-electron chi connectivity index (χ4n) is 2.15. The molecule has 0 saturated carbocycles. The molecule has 1 aliphatic rings. The van der Waals surface area contributed by atoms with Gasteiger partial charge in [-0.3, -0.25) is 5.10 Å². The Morgan fingerprint density at radius 2 is 2.38 bits per heavy atom. The van der Waals surface area contributed by atoms with Crippen LogP contribution in [0.25, 0.3) is 0 Å². The summed E-state index contributed by atoms with van der Waals surface area (Å²) in [6.07, 6.45) is 3.70.